The molecular formula is C15H12IN3O2. The number of benzene rings is 1. The van der Waals surface area contributed by atoms with Crippen molar-refractivity contribution in [1.29, 1.82) is 0 Å². The molecule has 0 radical (unpaired) electrons. The molecule has 2 heterocycles. The Morgan fingerprint density at radius 3 is 2.71 bits per heavy atom. The lowest BCUT2D eigenvalue weighted by Gasteiger charge is -2.04. The molecule has 0 aliphatic rings. The highest BCUT2D eigenvalue weighted by Gasteiger charge is 2.08. The van der Waals surface area contributed by atoms with Crippen molar-refractivity contribution in [3.63, 3.8) is 0 Å². The average Bonchev–Trinajstić information content (AvgIpc) is 2.89. The zero-order chi connectivity index (χ0) is 14.8. The van der Waals surface area contributed by atoms with Crippen LogP contribution in [-0.4, -0.2) is 27.2 Å². The minimum atomic E-state index is -0.309. The summed E-state index contributed by atoms with van der Waals surface area (Å²) in [6.45, 7) is 2.16. The molecule has 0 saturated heterocycles. The highest BCUT2D eigenvalue weighted by atomic mass is 127. The van der Waals surface area contributed by atoms with Gasteiger partial charge in [-0.3, -0.25) is 0 Å². The summed E-state index contributed by atoms with van der Waals surface area (Å²) < 4.78 is 7.71. The number of rotatable bonds is 3. The van der Waals surface area contributed by atoms with Gasteiger partial charge >= 0.3 is 5.97 Å². The normalized spacial score (nSPS) is 10.8. The molecule has 106 valence electrons. The molecule has 0 spiro atoms. The lowest BCUT2D eigenvalue weighted by Crippen LogP contribution is -2.04. The van der Waals surface area contributed by atoms with E-state index in [1.807, 2.05) is 24.3 Å². The fraction of sp³-hybridized carbons (Fsp3) is 0.133. The van der Waals surface area contributed by atoms with Crippen molar-refractivity contribution in [2.45, 2.75) is 6.92 Å². The standard InChI is InChI=1S/C15H12IN3O2/c1-2-21-15(20)11-5-3-10(4-6-11)12-7-8-14-17-9-13(16)19(14)18-12/h3-9H,2H2,1H3. The van der Waals surface area contributed by atoms with Gasteiger partial charge in [0.15, 0.2) is 5.65 Å². The van der Waals surface area contributed by atoms with Gasteiger partial charge in [0, 0.05) is 5.56 Å². The second-order valence-corrected chi connectivity index (χ2v) is 5.47. The summed E-state index contributed by atoms with van der Waals surface area (Å²) in [5.74, 6) is -0.309. The lowest BCUT2D eigenvalue weighted by molar-refractivity contribution is 0.0526. The van der Waals surface area contributed by atoms with Gasteiger partial charge in [-0.05, 0) is 53.8 Å². The number of ether oxygens (including phenoxy) is 1. The smallest absolute Gasteiger partial charge is 0.338 e. The summed E-state index contributed by atoms with van der Waals surface area (Å²) >= 11 is 2.19. The summed E-state index contributed by atoms with van der Waals surface area (Å²) in [6.07, 6.45) is 1.77. The Bertz CT molecular complexity index is 796. The van der Waals surface area contributed by atoms with Gasteiger partial charge in [0.05, 0.1) is 24.1 Å². The minimum absolute atomic E-state index is 0.309. The summed E-state index contributed by atoms with van der Waals surface area (Å²) in [4.78, 5) is 15.9. The Hall–Kier alpha value is -1.96. The minimum Gasteiger partial charge on any atom is -0.462 e. The van der Waals surface area contributed by atoms with Gasteiger partial charge in [-0.15, -0.1) is 0 Å². The summed E-state index contributed by atoms with van der Waals surface area (Å²) in [5, 5.41) is 4.55. The lowest BCUT2D eigenvalue weighted by atomic mass is 10.1. The van der Waals surface area contributed by atoms with E-state index in [4.69, 9.17) is 4.74 Å². The van der Waals surface area contributed by atoms with Crippen molar-refractivity contribution in [3.05, 3.63) is 51.9 Å². The number of esters is 1. The highest BCUT2D eigenvalue weighted by molar-refractivity contribution is 14.1. The molecule has 0 aliphatic heterocycles. The van der Waals surface area contributed by atoms with Crippen LogP contribution in [0.25, 0.3) is 16.9 Å². The average molecular weight is 393 g/mol. The molecular weight excluding hydrogens is 381 g/mol. The Morgan fingerprint density at radius 2 is 2.00 bits per heavy atom. The van der Waals surface area contributed by atoms with Crippen LogP contribution >= 0.6 is 22.6 Å². The van der Waals surface area contributed by atoms with Gasteiger partial charge in [0.1, 0.15) is 3.70 Å². The molecule has 0 fully saturated rings. The number of fused-ring (bicyclic) bond motifs is 1. The van der Waals surface area contributed by atoms with Crippen LogP contribution in [0.4, 0.5) is 0 Å². The summed E-state index contributed by atoms with van der Waals surface area (Å²) in [5.41, 5.74) is 3.12. The van der Waals surface area contributed by atoms with Crippen molar-refractivity contribution < 1.29 is 9.53 Å². The SMILES string of the molecule is CCOC(=O)c1ccc(-c2ccc3ncc(I)n3n2)cc1. The van der Waals surface area contributed by atoms with Gasteiger partial charge in [0.25, 0.3) is 0 Å². The number of halogens is 1. The van der Waals surface area contributed by atoms with Crippen molar-refractivity contribution >= 4 is 34.2 Å². The van der Waals surface area contributed by atoms with Crippen LogP contribution in [0.3, 0.4) is 0 Å². The van der Waals surface area contributed by atoms with Crippen LogP contribution in [0.2, 0.25) is 0 Å². The predicted octanol–water partition coefficient (Wildman–Crippen LogP) is 3.18. The maximum Gasteiger partial charge on any atom is 0.338 e. The topological polar surface area (TPSA) is 56.5 Å². The molecule has 3 rings (SSSR count). The first-order chi connectivity index (χ1) is 10.2. The van der Waals surface area contributed by atoms with Gasteiger partial charge < -0.3 is 4.74 Å². The van der Waals surface area contributed by atoms with E-state index in [0.29, 0.717) is 12.2 Å². The van der Waals surface area contributed by atoms with Gasteiger partial charge in [-0.2, -0.15) is 5.10 Å². The molecule has 0 atom stereocenters. The number of hydrogen-bond donors (Lipinski definition) is 0. The fourth-order valence-corrected chi connectivity index (χ4v) is 2.49. The molecule has 0 bridgehead atoms. The molecule has 0 aliphatic carbocycles. The molecule has 5 nitrogen and oxygen atoms in total. The molecule has 1 aromatic carbocycles. The molecule has 6 heteroatoms. The van der Waals surface area contributed by atoms with Crippen LogP contribution in [0, 0.1) is 3.70 Å². The van der Waals surface area contributed by atoms with E-state index in [9.17, 15) is 4.79 Å². The maximum absolute atomic E-state index is 11.6. The van der Waals surface area contributed by atoms with E-state index < -0.39 is 0 Å². The number of carbonyl (C=O) groups is 1. The molecule has 0 N–H and O–H groups in total. The summed E-state index contributed by atoms with van der Waals surface area (Å²) in [7, 11) is 0. The quantitative estimate of drug-likeness (QED) is 0.507. The molecule has 0 unspecified atom stereocenters. The number of carbonyl (C=O) groups excluding carboxylic acids is 1. The Labute approximate surface area is 135 Å². The highest BCUT2D eigenvalue weighted by Crippen LogP contribution is 2.19. The van der Waals surface area contributed by atoms with Gasteiger partial charge in [0.2, 0.25) is 0 Å². The maximum atomic E-state index is 11.6. The van der Waals surface area contributed by atoms with Crippen LogP contribution < -0.4 is 0 Å². The number of hydrogen-bond acceptors (Lipinski definition) is 4. The Kier molecular flexibility index (Phi) is 3.87. The zero-order valence-corrected chi connectivity index (χ0v) is 13.4. The number of nitrogens with zero attached hydrogens (tertiary/aromatic N) is 3. The third-order valence-corrected chi connectivity index (χ3v) is 3.75. The fourth-order valence-electron chi connectivity index (χ4n) is 1.99. The first-order valence-electron chi connectivity index (χ1n) is 6.47. The predicted molar refractivity (Wildman–Crippen MR) is 87.1 cm³/mol. The van der Waals surface area contributed by atoms with E-state index >= 15 is 0 Å². The van der Waals surface area contributed by atoms with Crippen molar-refractivity contribution in [3.8, 4) is 11.3 Å². The van der Waals surface area contributed by atoms with E-state index in [1.54, 1.807) is 29.8 Å². The van der Waals surface area contributed by atoms with Crippen LogP contribution in [0.15, 0.2) is 42.6 Å². The monoisotopic (exact) mass is 393 g/mol. The first-order valence-corrected chi connectivity index (χ1v) is 7.55. The van der Waals surface area contributed by atoms with Gasteiger partial charge in [-0.1, -0.05) is 12.1 Å². The second-order valence-electron chi connectivity index (χ2n) is 4.37. The van der Waals surface area contributed by atoms with E-state index in [1.165, 1.54) is 0 Å². The largest absolute Gasteiger partial charge is 0.462 e. The van der Waals surface area contributed by atoms with Gasteiger partial charge in [-0.25, -0.2) is 14.3 Å². The second kappa shape index (κ2) is 5.80. The number of aromatic nitrogens is 3. The molecule has 2 aromatic heterocycles. The van der Waals surface area contributed by atoms with E-state index in [0.717, 1.165) is 20.6 Å². The Balaban J connectivity index is 1.95. The molecule has 0 saturated carbocycles. The third kappa shape index (κ3) is 2.76. The summed E-state index contributed by atoms with van der Waals surface area (Å²) in [6, 6.07) is 11.1. The van der Waals surface area contributed by atoms with Crippen molar-refractivity contribution in [2.75, 3.05) is 6.61 Å². The molecule has 21 heavy (non-hydrogen) atoms. The first kappa shape index (κ1) is 14.0. The van der Waals surface area contributed by atoms with E-state index in [-0.39, 0.29) is 5.97 Å². The van der Waals surface area contributed by atoms with Crippen LogP contribution in [-0.2, 0) is 4.74 Å². The van der Waals surface area contributed by atoms with Crippen molar-refractivity contribution in [1.82, 2.24) is 14.6 Å². The molecule has 3 aromatic rings. The Morgan fingerprint density at radius 1 is 1.24 bits per heavy atom. The van der Waals surface area contributed by atoms with Crippen molar-refractivity contribution in [2.24, 2.45) is 0 Å². The zero-order valence-electron chi connectivity index (χ0n) is 11.3. The molecule has 0 amide bonds. The van der Waals surface area contributed by atoms with E-state index in [2.05, 4.69) is 32.7 Å². The third-order valence-electron chi connectivity index (χ3n) is 3.01. The number of imidazole rings is 1. The van der Waals surface area contributed by atoms with Crippen LogP contribution in [0.1, 0.15) is 17.3 Å². The van der Waals surface area contributed by atoms with Crippen LogP contribution in [0.5, 0.6) is 0 Å².